The number of aryl methyl sites for hydroxylation is 1. The second-order valence-electron chi connectivity index (χ2n) is 3.08. The molecule has 13 heavy (non-hydrogen) atoms. The molecule has 2 nitrogen and oxygen atoms in total. The van der Waals surface area contributed by atoms with Gasteiger partial charge in [0.15, 0.2) is 0 Å². The van der Waals surface area contributed by atoms with Crippen LogP contribution in [0, 0.1) is 12.3 Å². The third kappa shape index (κ3) is 2.58. The molecule has 0 amide bonds. The van der Waals surface area contributed by atoms with E-state index in [4.69, 9.17) is 5.41 Å². The second-order valence-corrected chi connectivity index (χ2v) is 3.08. The molecular formula is C11H16N2. The number of nitrogens with one attached hydrogen (secondary N) is 1. The van der Waals surface area contributed by atoms with E-state index in [9.17, 15) is 0 Å². The van der Waals surface area contributed by atoms with Crippen LogP contribution in [0.2, 0.25) is 0 Å². The van der Waals surface area contributed by atoms with Gasteiger partial charge in [-0.25, -0.2) is 0 Å². The molecule has 0 aliphatic heterocycles. The van der Waals surface area contributed by atoms with Gasteiger partial charge in [0.1, 0.15) is 0 Å². The zero-order valence-electron chi connectivity index (χ0n) is 8.25. The third-order valence-electron chi connectivity index (χ3n) is 2.09. The molecule has 0 unspecified atom stereocenters. The lowest BCUT2D eigenvalue weighted by atomic mass is 10.2. The number of rotatable bonds is 4. The molecule has 0 saturated heterocycles. The number of hydrogen-bond donors (Lipinski definition) is 1. The quantitative estimate of drug-likeness (QED) is 0.701. The van der Waals surface area contributed by atoms with Crippen LogP contribution in [0.1, 0.15) is 12.5 Å². The van der Waals surface area contributed by atoms with Crippen molar-refractivity contribution in [3.05, 3.63) is 29.8 Å². The van der Waals surface area contributed by atoms with Crippen LogP contribution in [-0.4, -0.2) is 19.3 Å². The van der Waals surface area contributed by atoms with Crippen molar-refractivity contribution < 1.29 is 0 Å². The summed E-state index contributed by atoms with van der Waals surface area (Å²) in [6.45, 7) is 5.82. The fraction of sp³-hybridized carbons (Fsp3) is 0.364. The Morgan fingerprint density at radius 1 is 1.31 bits per heavy atom. The highest BCUT2D eigenvalue weighted by Crippen LogP contribution is 2.13. The summed E-state index contributed by atoms with van der Waals surface area (Å²) in [5, 5.41) is 7.06. The first kappa shape index (κ1) is 9.78. The normalized spacial score (nSPS) is 9.69. The van der Waals surface area contributed by atoms with Crippen LogP contribution in [0.15, 0.2) is 24.3 Å². The number of benzene rings is 1. The van der Waals surface area contributed by atoms with Gasteiger partial charge in [0, 0.05) is 18.4 Å². The van der Waals surface area contributed by atoms with Crippen molar-refractivity contribution in [2.24, 2.45) is 0 Å². The summed E-state index contributed by atoms with van der Waals surface area (Å²) in [5.74, 6) is 0. The maximum absolute atomic E-state index is 7.06. The number of nitrogens with zero attached hydrogens (tertiary/aromatic N) is 1. The van der Waals surface area contributed by atoms with Gasteiger partial charge in [-0.2, -0.15) is 0 Å². The van der Waals surface area contributed by atoms with Crippen molar-refractivity contribution in [3.8, 4) is 0 Å². The lowest BCUT2D eigenvalue weighted by Gasteiger charge is -2.20. The van der Waals surface area contributed by atoms with E-state index < -0.39 is 0 Å². The third-order valence-corrected chi connectivity index (χ3v) is 2.09. The lowest BCUT2D eigenvalue weighted by molar-refractivity contribution is 0.928. The number of anilines is 1. The van der Waals surface area contributed by atoms with Crippen LogP contribution in [0.5, 0.6) is 0 Å². The monoisotopic (exact) mass is 176 g/mol. The van der Waals surface area contributed by atoms with Crippen molar-refractivity contribution in [3.63, 3.8) is 0 Å². The van der Waals surface area contributed by atoms with Crippen molar-refractivity contribution in [1.29, 1.82) is 5.41 Å². The molecule has 0 atom stereocenters. The molecule has 0 fully saturated rings. The second kappa shape index (κ2) is 4.65. The van der Waals surface area contributed by atoms with E-state index in [1.807, 2.05) is 0 Å². The summed E-state index contributed by atoms with van der Waals surface area (Å²) >= 11 is 0. The Kier molecular flexibility index (Phi) is 3.50. The predicted molar refractivity (Wildman–Crippen MR) is 57.8 cm³/mol. The fourth-order valence-corrected chi connectivity index (χ4v) is 1.28. The fourth-order valence-electron chi connectivity index (χ4n) is 1.28. The predicted octanol–water partition coefficient (Wildman–Crippen LogP) is 2.47. The van der Waals surface area contributed by atoms with Crippen LogP contribution in [0.25, 0.3) is 0 Å². The van der Waals surface area contributed by atoms with Crippen molar-refractivity contribution in [2.75, 3.05) is 18.0 Å². The first-order valence-electron chi connectivity index (χ1n) is 4.58. The standard InChI is InChI=1S/C11H16N2/c1-3-13(9-8-12)11-6-4-10(2)5-7-11/h4-8,12H,3,9H2,1-2H3. The summed E-state index contributed by atoms with van der Waals surface area (Å²) in [4.78, 5) is 2.16. The molecular weight excluding hydrogens is 160 g/mol. The van der Waals surface area contributed by atoms with Gasteiger partial charge < -0.3 is 10.3 Å². The van der Waals surface area contributed by atoms with Gasteiger partial charge in [-0.3, -0.25) is 0 Å². The first-order chi connectivity index (χ1) is 6.27. The van der Waals surface area contributed by atoms with Crippen molar-refractivity contribution in [2.45, 2.75) is 13.8 Å². The van der Waals surface area contributed by atoms with Crippen LogP contribution in [0.3, 0.4) is 0 Å². The SMILES string of the molecule is CCN(CC=N)c1ccc(C)cc1. The highest BCUT2D eigenvalue weighted by atomic mass is 15.1. The van der Waals surface area contributed by atoms with Gasteiger partial charge in [-0.15, -0.1) is 0 Å². The smallest absolute Gasteiger partial charge is 0.0525 e. The molecule has 0 aliphatic carbocycles. The van der Waals surface area contributed by atoms with E-state index in [0.717, 1.165) is 6.54 Å². The minimum absolute atomic E-state index is 0.694. The molecule has 1 aromatic rings. The highest BCUT2D eigenvalue weighted by Gasteiger charge is 2.00. The minimum Gasteiger partial charge on any atom is -0.367 e. The molecule has 70 valence electrons. The van der Waals surface area contributed by atoms with Crippen LogP contribution in [0.4, 0.5) is 5.69 Å². The Morgan fingerprint density at radius 3 is 2.38 bits per heavy atom. The molecule has 0 spiro atoms. The summed E-state index contributed by atoms with van der Waals surface area (Å²) in [6.07, 6.45) is 1.43. The molecule has 1 rings (SSSR count). The zero-order valence-corrected chi connectivity index (χ0v) is 8.25. The van der Waals surface area contributed by atoms with Gasteiger partial charge in [-0.1, -0.05) is 17.7 Å². The van der Waals surface area contributed by atoms with Crippen molar-refractivity contribution >= 4 is 11.9 Å². The molecule has 0 saturated carbocycles. The van der Waals surface area contributed by atoms with Crippen molar-refractivity contribution in [1.82, 2.24) is 0 Å². The topological polar surface area (TPSA) is 27.1 Å². The molecule has 0 bridgehead atoms. The van der Waals surface area contributed by atoms with E-state index >= 15 is 0 Å². The van der Waals surface area contributed by atoms with E-state index in [1.165, 1.54) is 17.5 Å². The number of hydrogen-bond acceptors (Lipinski definition) is 2. The molecule has 0 aliphatic rings. The average Bonchev–Trinajstić information content (AvgIpc) is 2.16. The Hall–Kier alpha value is -1.31. The Labute approximate surface area is 79.7 Å². The Bertz CT molecular complexity index is 264. The average molecular weight is 176 g/mol. The van der Waals surface area contributed by atoms with Gasteiger partial charge in [-0.05, 0) is 26.0 Å². The summed E-state index contributed by atoms with van der Waals surface area (Å²) < 4.78 is 0. The van der Waals surface area contributed by atoms with Crippen LogP contribution < -0.4 is 4.90 Å². The van der Waals surface area contributed by atoms with E-state index in [-0.39, 0.29) is 0 Å². The molecule has 0 aromatic heterocycles. The van der Waals surface area contributed by atoms with Gasteiger partial charge in [0.2, 0.25) is 0 Å². The molecule has 1 N–H and O–H groups in total. The maximum Gasteiger partial charge on any atom is 0.0525 e. The van der Waals surface area contributed by atoms with E-state index in [0.29, 0.717) is 6.54 Å². The Morgan fingerprint density at radius 2 is 1.92 bits per heavy atom. The summed E-state index contributed by atoms with van der Waals surface area (Å²) in [7, 11) is 0. The summed E-state index contributed by atoms with van der Waals surface area (Å²) in [5.41, 5.74) is 2.46. The van der Waals surface area contributed by atoms with Gasteiger partial charge >= 0.3 is 0 Å². The Balaban J connectivity index is 2.78. The lowest BCUT2D eigenvalue weighted by Crippen LogP contribution is -2.24. The minimum atomic E-state index is 0.694. The van der Waals surface area contributed by atoms with Crippen LogP contribution >= 0.6 is 0 Å². The van der Waals surface area contributed by atoms with Crippen LogP contribution in [-0.2, 0) is 0 Å². The van der Waals surface area contributed by atoms with Gasteiger partial charge in [0.05, 0.1) is 6.54 Å². The maximum atomic E-state index is 7.06. The molecule has 0 heterocycles. The van der Waals surface area contributed by atoms with E-state index in [1.54, 1.807) is 0 Å². The van der Waals surface area contributed by atoms with Gasteiger partial charge in [0.25, 0.3) is 0 Å². The largest absolute Gasteiger partial charge is 0.367 e. The zero-order chi connectivity index (χ0) is 9.68. The molecule has 1 aromatic carbocycles. The molecule has 2 heteroatoms. The first-order valence-corrected chi connectivity index (χ1v) is 4.58. The summed E-state index contributed by atoms with van der Waals surface area (Å²) in [6, 6.07) is 8.40. The van der Waals surface area contributed by atoms with E-state index in [2.05, 4.69) is 43.0 Å². The molecule has 0 radical (unpaired) electrons. The highest BCUT2D eigenvalue weighted by molar-refractivity contribution is 5.63.